The van der Waals surface area contributed by atoms with Crippen molar-refractivity contribution in [2.75, 3.05) is 66.0 Å². The summed E-state index contributed by atoms with van der Waals surface area (Å²) >= 11 is 0. The van der Waals surface area contributed by atoms with Crippen LogP contribution in [0.5, 0.6) is 0 Å². The molecule has 3 aliphatic rings. The van der Waals surface area contributed by atoms with Crippen molar-refractivity contribution < 1.29 is 4.79 Å². The summed E-state index contributed by atoms with van der Waals surface area (Å²) in [6.07, 6.45) is 2.93. The number of likely N-dealkylation sites (tertiary alicyclic amines) is 1. The molecule has 3 heterocycles. The van der Waals surface area contributed by atoms with Gasteiger partial charge in [0, 0.05) is 77.3 Å². The number of likely N-dealkylation sites (N-methyl/N-ethyl adjacent to an activating group) is 1. The quantitative estimate of drug-likeness (QED) is 0.346. The molecule has 0 aromatic heterocycles. The summed E-state index contributed by atoms with van der Waals surface area (Å²) in [5.74, 6) is 1.19. The molecular formula is C19H37IN6O. The summed E-state index contributed by atoms with van der Waals surface area (Å²) in [7, 11) is 1.87. The van der Waals surface area contributed by atoms with Crippen LogP contribution in [0.25, 0.3) is 0 Å². The van der Waals surface area contributed by atoms with Crippen LogP contribution in [0.15, 0.2) is 4.99 Å². The molecule has 0 aromatic rings. The molecule has 8 heteroatoms. The van der Waals surface area contributed by atoms with E-state index in [1.54, 1.807) is 0 Å². The minimum absolute atomic E-state index is 0. The first-order valence-electron chi connectivity index (χ1n) is 10.2. The molecule has 3 fully saturated rings. The average Bonchev–Trinajstić information content (AvgIpc) is 3.02. The van der Waals surface area contributed by atoms with Gasteiger partial charge in [-0.05, 0) is 26.3 Å². The summed E-state index contributed by atoms with van der Waals surface area (Å²) < 4.78 is 0. The second-order valence-corrected chi connectivity index (χ2v) is 8.23. The van der Waals surface area contributed by atoms with Gasteiger partial charge in [0.15, 0.2) is 5.96 Å². The lowest BCUT2D eigenvalue weighted by molar-refractivity contribution is -0.119. The number of piperidine rings is 1. The van der Waals surface area contributed by atoms with Crippen LogP contribution < -0.4 is 10.6 Å². The van der Waals surface area contributed by atoms with Crippen molar-refractivity contribution in [3.05, 3.63) is 0 Å². The Hall–Kier alpha value is -0.610. The molecule has 27 heavy (non-hydrogen) atoms. The molecule has 156 valence electrons. The minimum atomic E-state index is 0. The highest BCUT2D eigenvalue weighted by Crippen LogP contribution is 2.35. The van der Waals surface area contributed by atoms with E-state index in [4.69, 9.17) is 0 Å². The van der Waals surface area contributed by atoms with Crippen LogP contribution in [0.1, 0.15) is 33.1 Å². The standard InChI is InChI=1S/C19H36N6O.HI/c1-4-23-8-10-24(11-9-23)16(2)13-21-18(20-3)25-7-5-6-19(15-25)12-17(26)22-14-19;/h16H,4-15H2,1-3H3,(H,20,21)(H,22,26);1H. The second-order valence-electron chi connectivity index (χ2n) is 8.23. The van der Waals surface area contributed by atoms with Crippen molar-refractivity contribution in [3.63, 3.8) is 0 Å². The average molecular weight is 492 g/mol. The number of nitrogens with zero attached hydrogens (tertiary/aromatic N) is 4. The Morgan fingerprint density at radius 1 is 1.30 bits per heavy atom. The molecule has 0 aromatic carbocycles. The lowest BCUT2D eigenvalue weighted by Crippen LogP contribution is -2.55. The van der Waals surface area contributed by atoms with Crippen LogP contribution in [0.2, 0.25) is 0 Å². The molecule has 3 aliphatic heterocycles. The Balaban J connectivity index is 0.00000261. The fraction of sp³-hybridized carbons (Fsp3) is 0.895. The summed E-state index contributed by atoms with van der Waals surface area (Å²) in [6.45, 7) is 14.0. The SMILES string of the molecule is CCN1CCN(C(C)CNC(=NC)N2CCCC3(CNC(=O)C3)C2)CC1.I. The first-order valence-corrected chi connectivity index (χ1v) is 10.2. The van der Waals surface area contributed by atoms with E-state index in [1.807, 2.05) is 7.05 Å². The number of piperazine rings is 1. The molecular weight excluding hydrogens is 455 g/mol. The Bertz CT molecular complexity index is 522. The first kappa shape index (κ1) is 22.7. The lowest BCUT2D eigenvalue weighted by atomic mass is 9.79. The monoisotopic (exact) mass is 492 g/mol. The first-order chi connectivity index (χ1) is 12.5. The van der Waals surface area contributed by atoms with Crippen molar-refractivity contribution in [1.82, 2.24) is 25.3 Å². The van der Waals surface area contributed by atoms with Crippen molar-refractivity contribution in [1.29, 1.82) is 0 Å². The van der Waals surface area contributed by atoms with Crippen LogP contribution >= 0.6 is 24.0 Å². The van der Waals surface area contributed by atoms with Gasteiger partial charge >= 0.3 is 0 Å². The Labute approximate surface area is 181 Å². The summed E-state index contributed by atoms with van der Waals surface area (Å²) in [4.78, 5) is 23.7. The molecule has 0 radical (unpaired) electrons. The topological polar surface area (TPSA) is 63.2 Å². The number of hydrogen-bond donors (Lipinski definition) is 2. The molecule has 2 unspecified atom stereocenters. The number of carbonyl (C=O) groups excluding carboxylic acids is 1. The van der Waals surface area contributed by atoms with Crippen molar-refractivity contribution in [2.24, 2.45) is 10.4 Å². The summed E-state index contributed by atoms with van der Waals surface area (Å²) in [5.41, 5.74) is 0.106. The highest BCUT2D eigenvalue weighted by molar-refractivity contribution is 14.0. The van der Waals surface area contributed by atoms with Crippen LogP contribution in [-0.2, 0) is 4.79 Å². The lowest BCUT2D eigenvalue weighted by Gasteiger charge is -2.41. The molecule has 1 amide bonds. The van der Waals surface area contributed by atoms with Crippen molar-refractivity contribution in [3.8, 4) is 0 Å². The van der Waals surface area contributed by atoms with E-state index in [2.05, 4.69) is 44.2 Å². The minimum Gasteiger partial charge on any atom is -0.355 e. The van der Waals surface area contributed by atoms with Gasteiger partial charge in [0.05, 0.1) is 0 Å². The molecule has 3 saturated heterocycles. The molecule has 0 saturated carbocycles. The summed E-state index contributed by atoms with van der Waals surface area (Å²) in [6, 6.07) is 0.499. The van der Waals surface area contributed by atoms with E-state index in [-0.39, 0.29) is 35.3 Å². The molecule has 3 rings (SSSR count). The molecule has 0 aliphatic carbocycles. The maximum Gasteiger partial charge on any atom is 0.220 e. The van der Waals surface area contributed by atoms with Crippen LogP contribution in [0, 0.1) is 5.41 Å². The normalized spacial score (nSPS) is 28.8. The van der Waals surface area contributed by atoms with Crippen molar-refractivity contribution in [2.45, 2.75) is 39.2 Å². The highest BCUT2D eigenvalue weighted by Gasteiger charge is 2.42. The molecule has 2 atom stereocenters. The number of aliphatic imine (C=N–C) groups is 1. The van der Waals surface area contributed by atoms with Gasteiger partial charge in [0.25, 0.3) is 0 Å². The number of rotatable bonds is 4. The zero-order valence-electron chi connectivity index (χ0n) is 17.2. The van der Waals surface area contributed by atoms with Gasteiger partial charge < -0.3 is 20.4 Å². The van der Waals surface area contributed by atoms with E-state index in [1.165, 1.54) is 13.1 Å². The predicted octanol–water partition coefficient (Wildman–Crippen LogP) is 0.808. The molecule has 2 N–H and O–H groups in total. The maximum atomic E-state index is 11.7. The van der Waals surface area contributed by atoms with E-state index in [0.717, 1.165) is 64.6 Å². The second kappa shape index (κ2) is 10.2. The third kappa shape index (κ3) is 5.69. The molecule has 0 bridgehead atoms. The number of carbonyl (C=O) groups is 1. The largest absolute Gasteiger partial charge is 0.355 e. The van der Waals surface area contributed by atoms with Gasteiger partial charge in [0.1, 0.15) is 0 Å². The van der Waals surface area contributed by atoms with E-state index in [9.17, 15) is 4.79 Å². The Kier molecular flexibility index (Phi) is 8.61. The fourth-order valence-corrected chi connectivity index (χ4v) is 4.65. The van der Waals surface area contributed by atoms with E-state index >= 15 is 0 Å². The maximum absolute atomic E-state index is 11.7. The smallest absolute Gasteiger partial charge is 0.220 e. The fourth-order valence-electron chi connectivity index (χ4n) is 4.65. The number of amides is 1. The molecule has 1 spiro atoms. The van der Waals surface area contributed by atoms with Gasteiger partial charge in [-0.15, -0.1) is 24.0 Å². The van der Waals surface area contributed by atoms with Gasteiger partial charge in [0.2, 0.25) is 5.91 Å². The molecule has 7 nitrogen and oxygen atoms in total. The van der Waals surface area contributed by atoms with Crippen LogP contribution in [0.4, 0.5) is 0 Å². The van der Waals surface area contributed by atoms with Gasteiger partial charge in [-0.3, -0.25) is 14.7 Å². The number of nitrogens with one attached hydrogen (secondary N) is 2. The van der Waals surface area contributed by atoms with E-state index < -0.39 is 0 Å². The number of halogens is 1. The summed E-state index contributed by atoms with van der Waals surface area (Å²) in [5, 5.41) is 6.62. The van der Waals surface area contributed by atoms with Gasteiger partial charge in [-0.25, -0.2) is 0 Å². The van der Waals surface area contributed by atoms with Gasteiger partial charge in [-0.1, -0.05) is 6.92 Å². The van der Waals surface area contributed by atoms with Crippen molar-refractivity contribution >= 4 is 35.8 Å². The Morgan fingerprint density at radius 3 is 2.63 bits per heavy atom. The predicted molar refractivity (Wildman–Crippen MR) is 121 cm³/mol. The number of hydrogen-bond acceptors (Lipinski definition) is 4. The number of guanidine groups is 1. The third-order valence-corrected chi connectivity index (χ3v) is 6.40. The third-order valence-electron chi connectivity index (χ3n) is 6.40. The highest BCUT2D eigenvalue weighted by atomic mass is 127. The van der Waals surface area contributed by atoms with E-state index in [0.29, 0.717) is 12.5 Å². The van der Waals surface area contributed by atoms with Crippen LogP contribution in [-0.4, -0.2) is 98.6 Å². The van der Waals surface area contributed by atoms with Crippen LogP contribution in [0.3, 0.4) is 0 Å². The zero-order valence-corrected chi connectivity index (χ0v) is 19.5. The zero-order chi connectivity index (χ0) is 18.6. The van der Waals surface area contributed by atoms with Gasteiger partial charge in [-0.2, -0.15) is 0 Å². The Morgan fingerprint density at radius 2 is 2.04 bits per heavy atom.